The van der Waals surface area contributed by atoms with Gasteiger partial charge in [-0.05, 0) is 31.0 Å². The number of hydrogen-bond acceptors (Lipinski definition) is 7. The largest absolute Gasteiger partial charge is 0.325 e. The van der Waals surface area contributed by atoms with E-state index >= 15 is 0 Å². The van der Waals surface area contributed by atoms with Crippen LogP contribution in [0.1, 0.15) is 23.3 Å². The van der Waals surface area contributed by atoms with E-state index < -0.39 is 11.0 Å². The fourth-order valence-corrected chi connectivity index (χ4v) is 3.74. The van der Waals surface area contributed by atoms with Gasteiger partial charge in [0.1, 0.15) is 6.04 Å². The summed E-state index contributed by atoms with van der Waals surface area (Å²) in [6.07, 6.45) is 4.51. The van der Waals surface area contributed by atoms with Gasteiger partial charge in [0.2, 0.25) is 5.91 Å². The number of amides is 2. The molecule has 0 saturated carbocycles. The van der Waals surface area contributed by atoms with Gasteiger partial charge in [-0.2, -0.15) is 5.10 Å². The topological polar surface area (TPSA) is 123 Å². The summed E-state index contributed by atoms with van der Waals surface area (Å²) in [6.45, 7) is 0.471. The van der Waals surface area contributed by atoms with Crippen LogP contribution in [0.25, 0.3) is 5.69 Å². The molecule has 1 fully saturated rings. The molecule has 1 atom stereocenters. The van der Waals surface area contributed by atoms with Gasteiger partial charge in [-0.25, -0.2) is 9.67 Å². The number of benzene rings is 1. The van der Waals surface area contributed by atoms with Crippen molar-refractivity contribution in [1.29, 1.82) is 0 Å². The van der Waals surface area contributed by atoms with E-state index in [4.69, 9.17) is 0 Å². The Hall–Kier alpha value is -3.60. The number of carbonyl (C=O) groups is 2. The molecule has 3 heterocycles. The van der Waals surface area contributed by atoms with Crippen molar-refractivity contribution in [2.45, 2.75) is 18.9 Å². The number of nitro groups is 1. The number of rotatable bonds is 5. The van der Waals surface area contributed by atoms with Gasteiger partial charge >= 0.3 is 0 Å². The van der Waals surface area contributed by atoms with E-state index in [0.29, 0.717) is 23.8 Å². The Balaban J connectivity index is 1.49. The lowest BCUT2D eigenvalue weighted by molar-refractivity contribution is -0.384. The zero-order valence-electron chi connectivity index (χ0n) is 15.1. The molecule has 1 aliphatic rings. The van der Waals surface area contributed by atoms with Crippen LogP contribution in [0.2, 0.25) is 0 Å². The molecule has 1 aliphatic heterocycles. The number of likely N-dealkylation sites (tertiary alicyclic amines) is 1. The number of non-ortho nitro benzene ring substituents is 1. The molecule has 2 amide bonds. The average Bonchev–Trinajstić information content (AvgIpc) is 3.48. The Morgan fingerprint density at radius 2 is 2.03 bits per heavy atom. The van der Waals surface area contributed by atoms with Gasteiger partial charge in [0, 0.05) is 36.5 Å². The highest BCUT2D eigenvalue weighted by Crippen LogP contribution is 2.22. The van der Waals surface area contributed by atoms with Gasteiger partial charge in [-0.15, -0.1) is 11.3 Å². The van der Waals surface area contributed by atoms with E-state index in [9.17, 15) is 19.7 Å². The molecule has 29 heavy (non-hydrogen) atoms. The van der Waals surface area contributed by atoms with E-state index in [2.05, 4.69) is 15.4 Å². The van der Waals surface area contributed by atoms with Crippen molar-refractivity contribution in [2.75, 3.05) is 11.9 Å². The first-order valence-corrected chi connectivity index (χ1v) is 9.73. The van der Waals surface area contributed by atoms with Gasteiger partial charge < -0.3 is 10.2 Å². The standard InChI is InChI=1S/C18H16N6O4S/c25-16(20-18-19-8-11-29-18)15-2-1-9-22(15)17(26)14-7-10-23(21-14)12-3-5-13(6-4-12)24(27)28/h3-8,10-11,15H,1-2,9H2,(H,19,20,25). The van der Waals surface area contributed by atoms with Gasteiger partial charge in [0.15, 0.2) is 10.8 Å². The monoisotopic (exact) mass is 412 g/mol. The van der Waals surface area contributed by atoms with Crippen molar-refractivity contribution in [2.24, 2.45) is 0 Å². The SMILES string of the molecule is O=C(Nc1nccs1)C1CCCN1C(=O)c1ccn(-c2ccc([N+](=O)[O-])cc2)n1. The van der Waals surface area contributed by atoms with E-state index in [-0.39, 0.29) is 23.2 Å². The normalized spacial score (nSPS) is 16.0. The van der Waals surface area contributed by atoms with Crippen LogP contribution in [0.3, 0.4) is 0 Å². The summed E-state index contributed by atoms with van der Waals surface area (Å²) in [5.41, 5.74) is 0.773. The maximum atomic E-state index is 12.9. The summed E-state index contributed by atoms with van der Waals surface area (Å²) in [5, 5.41) is 20.1. The quantitative estimate of drug-likeness (QED) is 0.507. The fourth-order valence-electron chi connectivity index (χ4n) is 3.21. The van der Waals surface area contributed by atoms with Crippen LogP contribution in [0.5, 0.6) is 0 Å². The third kappa shape index (κ3) is 3.85. The molecule has 0 spiro atoms. The maximum absolute atomic E-state index is 12.9. The smallest absolute Gasteiger partial charge is 0.275 e. The van der Waals surface area contributed by atoms with E-state index in [1.165, 1.54) is 33.1 Å². The minimum absolute atomic E-state index is 0.0247. The summed E-state index contributed by atoms with van der Waals surface area (Å²) in [6, 6.07) is 6.85. The Bertz CT molecular complexity index is 1050. The Kier molecular flexibility index (Phi) is 5.04. The molecular formula is C18H16N6O4S. The Morgan fingerprint density at radius 3 is 2.72 bits per heavy atom. The second kappa shape index (κ2) is 7.80. The van der Waals surface area contributed by atoms with E-state index in [0.717, 1.165) is 6.42 Å². The molecule has 10 nitrogen and oxygen atoms in total. The molecule has 1 aromatic carbocycles. The van der Waals surface area contributed by atoms with Gasteiger partial charge in [-0.1, -0.05) is 0 Å². The van der Waals surface area contributed by atoms with Crippen LogP contribution in [-0.4, -0.2) is 49.0 Å². The number of carbonyl (C=O) groups excluding carboxylic acids is 2. The van der Waals surface area contributed by atoms with Crippen LogP contribution >= 0.6 is 11.3 Å². The van der Waals surface area contributed by atoms with Crippen LogP contribution < -0.4 is 5.32 Å². The van der Waals surface area contributed by atoms with Crippen molar-refractivity contribution in [1.82, 2.24) is 19.7 Å². The third-order valence-electron chi connectivity index (χ3n) is 4.61. The Labute approximate surface area is 168 Å². The van der Waals surface area contributed by atoms with Crippen molar-refractivity contribution < 1.29 is 14.5 Å². The van der Waals surface area contributed by atoms with Crippen LogP contribution in [-0.2, 0) is 4.79 Å². The number of aromatic nitrogens is 3. The van der Waals surface area contributed by atoms with Crippen LogP contribution in [0.4, 0.5) is 10.8 Å². The van der Waals surface area contributed by atoms with Crippen LogP contribution in [0, 0.1) is 10.1 Å². The molecule has 148 valence electrons. The summed E-state index contributed by atoms with van der Waals surface area (Å²) in [5.74, 6) is -0.594. The van der Waals surface area contributed by atoms with Gasteiger partial charge in [-0.3, -0.25) is 19.7 Å². The highest BCUT2D eigenvalue weighted by Gasteiger charge is 2.35. The molecule has 11 heteroatoms. The fraction of sp³-hybridized carbons (Fsp3) is 0.222. The minimum atomic E-state index is -0.573. The summed E-state index contributed by atoms with van der Waals surface area (Å²) in [7, 11) is 0. The van der Waals surface area contributed by atoms with Crippen molar-refractivity contribution in [3.8, 4) is 5.69 Å². The lowest BCUT2D eigenvalue weighted by atomic mass is 10.2. The van der Waals surface area contributed by atoms with E-state index in [1.807, 2.05) is 0 Å². The van der Waals surface area contributed by atoms with Gasteiger partial charge in [0.25, 0.3) is 11.6 Å². The molecule has 3 aromatic rings. The first-order chi connectivity index (χ1) is 14.0. The molecule has 0 aliphatic carbocycles. The van der Waals surface area contributed by atoms with Crippen LogP contribution in [0.15, 0.2) is 48.1 Å². The molecular weight excluding hydrogens is 396 g/mol. The zero-order valence-corrected chi connectivity index (χ0v) is 15.9. The highest BCUT2D eigenvalue weighted by molar-refractivity contribution is 7.13. The van der Waals surface area contributed by atoms with E-state index in [1.54, 1.807) is 36.0 Å². The zero-order chi connectivity index (χ0) is 20.4. The molecule has 1 saturated heterocycles. The summed E-state index contributed by atoms with van der Waals surface area (Å²) in [4.78, 5) is 41.3. The second-order valence-corrected chi connectivity index (χ2v) is 7.30. The predicted molar refractivity (Wildman–Crippen MR) is 105 cm³/mol. The highest BCUT2D eigenvalue weighted by atomic mass is 32.1. The Morgan fingerprint density at radius 1 is 1.24 bits per heavy atom. The predicted octanol–water partition coefficient (Wildman–Crippen LogP) is 2.48. The lowest BCUT2D eigenvalue weighted by Gasteiger charge is -2.22. The summed E-state index contributed by atoms with van der Waals surface area (Å²) < 4.78 is 1.47. The number of nitrogens with zero attached hydrogens (tertiary/aromatic N) is 5. The van der Waals surface area contributed by atoms with Crippen molar-refractivity contribution in [3.63, 3.8) is 0 Å². The first kappa shape index (κ1) is 18.7. The molecule has 4 rings (SSSR count). The number of thiazole rings is 1. The number of nitro benzene ring substituents is 1. The van der Waals surface area contributed by atoms with Gasteiger partial charge in [0.05, 0.1) is 10.6 Å². The third-order valence-corrected chi connectivity index (χ3v) is 5.30. The van der Waals surface area contributed by atoms with Crippen molar-refractivity contribution in [3.05, 3.63) is 63.9 Å². The number of anilines is 1. The second-order valence-electron chi connectivity index (χ2n) is 6.40. The molecule has 0 bridgehead atoms. The number of nitrogens with one attached hydrogen (secondary N) is 1. The molecule has 1 N–H and O–H groups in total. The number of hydrogen-bond donors (Lipinski definition) is 1. The lowest BCUT2D eigenvalue weighted by Crippen LogP contribution is -2.43. The molecule has 2 aromatic heterocycles. The molecule has 0 radical (unpaired) electrons. The van der Waals surface area contributed by atoms with Crippen molar-refractivity contribution >= 4 is 34.0 Å². The average molecular weight is 412 g/mol. The maximum Gasteiger partial charge on any atom is 0.275 e. The first-order valence-electron chi connectivity index (χ1n) is 8.85. The molecule has 1 unspecified atom stereocenters. The minimum Gasteiger partial charge on any atom is -0.325 e. The summed E-state index contributed by atoms with van der Waals surface area (Å²) >= 11 is 1.32.